The Morgan fingerprint density at radius 2 is 1.88 bits per heavy atom. The Labute approximate surface area is 96.1 Å². The lowest BCUT2D eigenvalue weighted by Crippen LogP contribution is -2.33. The van der Waals surface area contributed by atoms with Gasteiger partial charge in [-0.3, -0.25) is 4.79 Å². The summed E-state index contributed by atoms with van der Waals surface area (Å²) >= 11 is 0. The average Bonchev–Trinajstić information content (AvgIpc) is 2.13. The molecular weight excluding hydrogens is 240 g/mol. The first-order valence-corrected chi connectivity index (χ1v) is 5.79. The molecule has 0 aliphatic carbocycles. The second kappa shape index (κ2) is 6.43. The van der Waals surface area contributed by atoms with Crippen LogP contribution < -0.4 is 0 Å². The fraction of sp³-hybridized carbons (Fsp3) is 0.900. The molecule has 0 heterocycles. The van der Waals surface area contributed by atoms with Gasteiger partial charge in [-0.2, -0.15) is 13.2 Å². The summed E-state index contributed by atoms with van der Waals surface area (Å²) in [5, 5.41) is -0.916. The van der Waals surface area contributed by atoms with E-state index in [-0.39, 0.29) is 0 Å². The van der Waals surface area contributed by atoms with Gasteiger partial charge in [0.1, 0.15) is 0 Å². The second-order valence-corrected chi connectivity index (χ2v) is 5.34. The lowest BCUT2D eigenvalue weighted by atomic mass is 10.0. The number of esters is 1. The highest BCUT2D eigenvalue weighted by Crippen LogP contribution is 2.27. The van der Waals surface area contributed by atoms with Crippen LogP contribution in [0, 0.1) is 0 Å². The second-order valence-electron chi connectivity index (χ2n) is 4.07. The molecule has 2 nitrogen and oxygen atoms in total. The normalized spacial score (nSPS) is 15.6. The zero-order valence-corrected chi connectivity index (χ0v) is 10.7. The van der Waals surface area contributed by atoms with Crippen molar-refractivity contribution in [1.29, 1.82) is 0 Å². The molecule has 2 unspecified atom stereocenters. The van der Waals surface area contributed by atoms with Crippen molar-refractivity contribution in [2.75, 3.05) is 6.61 Å². The van der Waals surface area contributed by atoms with Gasteiger partial charge in [-0.1, -0.05) is 26.2 Å². The third kappa shape index (κ3) is 7.04. The lowest BCUT2D eigenvalue weighted by Gasteiger charge is -2.22. The molecule has 0 aliphatic heterocycles. The highest BCUT2D eigenvalue weighted by atomic mass is 31.0. The summed E-state index contributed by atoms with van der Waals surface area (Å²) in [7, 11) is 2.28. The van der Waals surface area contributed by atoms with Gasteiger partial charge in [-0.25, -0.2) is 0 Å². The third-order valence-corrected chi connectivity index (χ3v) is 2.66. The molecule has 96 valence electrons. The summed E-state index contributed by atoms with van der Waals surface area (Å²) in [6.07, 6.45) is -1.19. The van der Waals surface area contributed by atoms with Crippen LogP contribution in [0.15, 0.2) is 0 Å². The van der Waals surface area contributed by atoms with E-state index in [2.05, 4.69) is 14.0 Å². The predicted octanol–water partition coefficient (Wildman–Crippen LogP) is 3.31. The summed E-state index contributed by atoms with van der Waals surface area (Å²) < 4.78 is 39.7. The van der Waals surface area contributed by atoms with Crippen molar-refractivity contribution >= 4 is 15.2 Å². The fourth-order valence-corrected chi connectivity index (χ4v) is 1.44. The van der Waals surface area contributed by atoms with Gasteiger partial charge in [0.05, 0.1) is 5.16 Å². The minimum Gasteiger partial charge on any atom is -0.455 e. The van der Waals surface area contributed by atoms with E-state index in [1.807, 2.05) is 6.92 Å². The molecule has 0 aliphatic rings. The Kier molecular flexibility index (Phi) is 6.31. The quantitative estimate of drug-likeness (QED) is 0.415. The van der Waals surface area contributed by atoms with E-state index in [0.717, 1.165) is 19.3 Å². The molecule has 0 spiro atoms. The first-order chi connectivity index (χ1) is 7.19. The van der Waals surface area contributed by atoms with Gasteiger partial charge in [0.15, 0.2) is 6.61 Å². The minimum absolute atomic E-state index is 0.516. The molecule has 0 N–H and O–H groups in total. The standard InChI is InChI=1S/C10H18F3O2P/c1-3-4-5-6-9(2,16)8(14)15-7-10(11,12)13/h3-7,16H2,1-2H3. The fourth-order valence-electron chi connectivity index (χ4n) is 1.16. The zero-order valence-electron chi connectivity index (χ0n) is 9.56. The number of hydrogen-bond acceptors (Lipinski definition) is 2. The molecule has 6 heteroatoms. The van der Waals surface area contributed by atoms with Crippen LogP contribution in [0.4, 0.5) is 13.2 Å². The number of halogens is 3. The van der Waals surface area contributed by atoms with Crippen LogP contribution in [0.5, 0.6) is 0 Å². The smallest absolute Gasteiger partial charge is 0.422 e. The van der Waals surface area contributed by atoms with E-state index in [9.17, 15) is 18.0 Å². The molecule has 0 saturated carbocycles. The minimum atomic E-state index is -4.46. The van der Waals surface area contributed by atoms with Crippen molar-refractivity contribution in [3.8, 4) is 0 Å². The highest BCUT2D eigenvalue weighted by Gasteiger charge is 2.34. The molecule has 0 bridgehead atoms. The molecule has 0 aromatic carbocycles. The molecule has 0 rings (SSSR count). The molecule has 0 fully saturated rings. The van der Waals surface area contributed by atoms with E-state index in [0.29, 0.717) is 6.42 Å². The number of alkyl halides is 3. The van der Waals surface area contributed by atoms with E-state index < -0.39 is 23.9 Å². The molecule has 2 atom stereocenters. The number of hydrogen-bond donors (Lipinski definition) is 0. The lowest BCUT2D eigenvalue weighted by molar-refractivity contribution is -0.187. The van der Waals surface area contributed by atoms with Crippen molar-refractivity contribution in [3.63, 3.8) is 0 Å². The van der Waals surface area contributed by atoms with Gasteiger partial charge in [0, 0.05) is 0 Å². The molecule has 0 radical (unpaired) electrons. The molecular formula is C10H18F3O2P. The van der Waals surface area contributed by atoms with Gasteiger partial charge < -0.3 is 4.74 Å². The van der Waals surface area contributed by atoms with Crippen molar-refractivity contribution < 1.29 is 22.7 Å². The Hall–Kier alpha value is -0.310. The summed E-state index contributed by atoms with van der Waals surface area (Å²) in [5.41, 5.74) is 0. The van der Waals surface area contributed by atoms with Gasteiger partial charge in [-0.05, 0) is 13.3 Å². The maximum Gasteiger partial charge on any atom is 0.422 e. The van der Waals surface area contributed by atoms with Crippen LogP contribution in [0.1, 0.15) is 39.5 Å². The Balaban J connectivity index is 4.04. The van der Waals surface area contributed by atoms with Gasteiger partial charge in [0.25, 0.3) is 0 Å². The van der Waals surface area contributed by atoms with Crippen molar-refractivity contribution in [2.24, 2.45) is 0 Å². The van der Waals surface area contributed by atoms with Crippen molar-refractivity contribution in [2.45, 2.75) is 50.9 Å². The number of unbranched alkanes of at least 4 members (excludes halogenated alkanes) is 2. The average molecular weight is 258 g/mol. The summed E-state index contributed by atoms with van der Waals surface area (Å²) in [5.74, 6) is -0.814. The summed E-state index contributed by atoms with van der Waals surface area (Å²) in [6.45, 7) is 2.08. The topological polar surface area (TPSA) is 26.3 Å². The van der Waals surface area contributed by atoms with Crippen LogP contribution in [-0.2, 0) is 9.53 Å². The number of carbonyl (C=O) groups is 1. The monoisotopic (exact) mass is 258 g/mol. The maximum atomic E-state index is 11.8. The van der Waals surface area contributed by atoms with Gasteiger partial charge in [-0.15, -0.1) is 9.24 Å². The number of rotatable bonds is 6. The SMILES string of the molecule is CCCCCC(C)(P)C(=O)OCC(F)(F)F. The summed E-state index contributed by atoms with van der Waals surface area (Å²) in [4.78, 5) is 11.4. The van der Waals surface area contributed by atoms with Crippen molar-refractivity contribution in [1.82, 2.24) is 0 Å². The summed E-state index contributed by atoms with van der Waals surface area (Å²) in [6, 6.07) is 0. The van der Waals surface area contributed by atoms with Gasteiger partial charge >= 0.3 is 12.1 Å². The zero-order chi connectivity index (χ0) is 12.8. The maximum absolute atomic E-state index is 11.8. The molecule has 0 aromatic heterocycles. The Bertz CT molecular complexity index is 227. The van der Waals surface area contributed by atoms with E-state index >= 15 is 0 Å². The third-order valence-electron chi connectivity index (χ3n) is 2.13. The number of ether oxygens (including phenoxy) is 1. The Morgan fingerprint density at radius 1 is 1.31 bits per heavy atom. The van der Waals surface area contributed by atoms with E-state index in [4.69, 9.17) is 0 Å². The highest BCUT2D eigenvalue weighted by molar-refractivity contribution is 7.20. The molecule has 0 saturated heterocycles. The van der Waals surface area contributed by atoms with Crippen molar-refractivity contribution in [3.05, 3.63) is 0 Å². The first-order valence-electron chi connectivity index (χ1n) is 5.22. The molecule has 0 amide bonds. The van der Waals surface area contributed by atoms with Crippen LogP contribution in [-0.4, -0.2) is 23.9 Å². The van der Waals surface area contributed by atoms with Crippen LogP contribution in [0.25, 0.3) is 0 Å². The van der Waals surface area contributed by atoms with Crippen LogP contribution in [0.2, 0.25) is 0 Å². The van der Waals surface area contributed by atoms with Crippen LogP contribution in [0.3, 0.4) is 0 Å². The van der Waals surface area contributed by atoms with E-state index in [1.54, 1.807) is 6.92 Å². The Morgan fingerprint density at radius 3 is 2.31 bits per heavy atom. The molecule has 0 aromatic rings. The van der Waals surface area contributed by atoms with Crippen LogP contribution >= 0.6 is 9.24 Å². The predicted molar refractivity (Wildman–Crippen MR) is 59.3 cm³/mol. The first kappa shape index (κ1) is 15.7. The molecule has 16 heavy (non-hydrogen) atoms. The van der Waals surface area contributed by atoms with E-state index in [1.165, 1.54) is 0 Å². The largest absolute Gasteiger partial charge is 0.455 e. The number of carbonyl (C=O) groups excluding carboxylic acids is 1. The van der Waals surface area contributed by atoms with Gasteiger partial charge in [0.2, 0.25) is 0 Å².